The summed E-state index contributed by atoms with van der Waals surface area (Å²) >= 11 is 0. The highest BCUT2D eigenvalue weighted by Gasteiger charge is 2.11. The molecule has 0 unspecified atom stereocenters. The third-order valence-corrected chi connectivity index (χ3v) is 1.44. The lowest BCUT2D eigenvalue weighted by atomic mass is 10.1. The highest BCUT2D eigenvalue weighted by Crippen LogP contribution is 2.17. The van der Waals surface area contributed by atoms with Gasteiger partial charge in [0, 0.05) is 5.56 Å². The molecule has 1 aromatic heterocycles. The molecule has 1 heterocycles. The quantitative estimate of drug-likeness (QED) is 0.656. The molecule has 0 atom stereocenters. The maximum absolute atomic E-state index is 10.4. The largest absolute Gasteiger partial charge is 0.478 e. The van der Waals surface area contributed by atoms with E-state index >= 15 is 0 Å². The highest BCUT2D eigenvalue weighted by molar-refractivity contribution is 6.14. The van der Waals surface area contributed by atoms with Crippen molar-refractivity contribution in [2.24, 2.45) is 0 Å². The van der Waals surface area contributed by atoms with Crippen molar-refractivity contribution in [2.75, 3.05) is 0 Å². The van der Waals surface area contributed by atoms with E-state index in [-0.39, 0.29) is 5.57 Å². The minimum absolute atomic E-state index is 0.0660. The Hall–Kier alpha value is -1.51. The van der Waals surface area contributed by atoms with Gasteiger partial charge in [0.1, 0.15) is 5.76 Å². The van der Waals surface area contributed by atoms with Gasteiger partial charge in [-0.2, -0.15) is 0 Å². The highest BCUT2D eigenvalue weighted by atomic mass is 16.4. The minimum atomic E-state index is -1.02. The summed E-state index contributed by atoms with van der Waals surface area (Å²) in [4.78, 5) is 10.4. The Balaban J connectivity index is 3.02. The topological polar surface area (TPSA) is 50.4 Å². The van der Waals surface area contributed by atoms with Crippen LogP contribution in [0.4, 0.5) is 0 Å². The first-order chi connectivity index (χ1) is 5.13. The molecule has 0 amide bonds. The molecule has 1 N–H and O–H groups in total. The van der Waals surface area contributed by atoms with Gasteiger partial charge < -0.3 is 9.52 Å². The van der Waals surface area contributed by atoms with Gasteiger partial charge in [0.25, 0.3) is 0 Å². The predicted octanol–water partition coefficient (Wildman–Crippen LogP) is 1.69. The van der Waals surface area contributed by atoms with Gasteiger partial charge in [0.05, 0.1) is 11.8 Å². The van der Waals surface area contributed by atoms with Crippen LogP contribution in [0, 0.1) is 6.92 Å². The van der Waals surface area contributed by atoms with E-state index < -0.39 is 5.97 Å². The van der Waals surface area contributed by atoms with Crippen molar-refractivity contribution in [1.82, 2.24) is 0 Å². The van der Waals surface area contributed by atoms with Crippen LogP contribution in [0.2, 0.25) is 0 Å². The lowest BCUT2D eigenvalue weighted by molar-refractivity contribution is -0.130. The van der Waals surface area contributed by atoms with Gasteiger partial charge in [0.15, 0.2) is 0 Å². The molecular formula is C8H8O3. The van der Waals surface area contributed by atoms with Gasteiger partial charge in [-0.15, -0.1) is 0 Å². The molecule has 0 aromatic carbocycles. The smallest absolute Gasteiger partial charge is 0.335 e. The van der Waals surface area contributed by atoms with Crippen LogP contribution in [0.1, 0.15) is 11.3 Å². The third-order valence-electron chi connectivity index (χ3n) is 1.44. The zero-order valence-corrected chi connectivity index (χ0v) is 6.13. The maximum Gasteiger partial charge on any atom is 0.335 e. The number of hydrogen-bond donors (Lipinski definition) is 1. The first-order valence-corrected chi connectivity index (χ1v) is 3.09. The monoisotopic (exact) mass is 152 g/mol. The predicted molar refractivity (Wildman–Crippen MR) is 40.1 cm³/mol. The number of aliphatic carboxylic acids is 1. The molecule has 3 nitrogen and oxygen atoms in total. The molecular weight excluding hydrogens is 144 g/mol. The Bertz CT molecular complexity index is 296. The average Bonchev–Trinajstić information content (AvgIpc) is 2.33. The van der Waals surface area contributed by atoms with Crippen LogP contribution in [-0.4, -0.2) is 11.1 Å². The summed E-state index contributed by atoms with van der Waals surface area (Å²) < 4.78 is 4.91. The summed E-state index contributed by atoms with van der Waals surface area (Å²) in [7, 11) is 0. The van der Waals surface area contributed by atoms with E-state index in [9.17, 15) is 4.79 Å². The number of carboxylic acids is 1. The summed E-state index contributed by atoms with van der Waals surface area (Å²) in [5, 5.41) is 8.54. The third kappa shape index (κ3) is 1.32. The van der Waals surface area contributed by atoms with E-state index in [1.807, 2.05) is 0 Å². The van der Waals surface area contributed by atoms with Gasteiger partial charge >= 0.3 is 5.97 Å². The van der Waals surface area contributed by atoms with Crippen LogP contribution in [-0.2, 0) is 4.79 Å². The molecule has 1 aromatic rings. The molecule has 0 saturated carbocycles. The SMILES string of the molecule is C=C(C(=O)O)c1ccoc1C. The zero-order chi connectivity index (χ0) is 8.43. The van der Waals surface area contributed by atoms with Gasteiger partial charge in [0.2, 0.25) is 0 Å². The number of carboxylic acid groups (broad SMARTS) is 1. The molecule has 3 heteroatoms. The summed E-state index contributed by atoms with van der Waals surface area (Å²) in [5.41, 5.74) is 0.619. The summed E-state index contributed by atoms with van der Waals surface area (Å²) in [6, 6.07) is 1.59. The van der Waals surface area contributed by atoms with Crippen molar-refractivity contribution in [3.8, 4) is 0 Å². The fourth-order valence-electron chi connectivity index (χ4n) is 0.813. The molecule has 0 aliphatic carbocycles. The van der Waals surface area contributed by atoms with Crippen LogP contribution in [0.25, 0.3) is 5.57 Å². The molecule has 0 radical (unpaired) electrons. The van der Waals surface area contributed by atoms with Gasteiger partial charge in [-0.25, -0.2) is 4.79 Å². The van der Waals surface area contributed by atoms with E-state index in [1.165, 1.54) is 6.26 Å². The van der Waals surface area contributed by atoms with Crippen LogP contribution in [0.5, 0.6) is 0 Å². The van der Waals surface area contributed by atoms with Crippen molar-refractivity contribution < 1.29 is 14.3 Å². The van der Waals surface area contributed by atoms with Gasteiger partial charge in [-0.3, -0.25) is 0 Å². The van der Waals surface area contributed by atoms with Crippen molar-refractivity contribution in [1.29, 1.82) is 0 Å². The van der Waals surface area contributed by atoms with Crippen molar-refractivity contribution in [3.63, 3.8) is 0 Å². The lowest BCUT2D eigenvalue weighted by Gasteiger charge is -1.95. The number of carbonyl (C=O) groups is 1. The fraction of sp³-hybridized carbons (Fsp3) is 0.125. The summed E-state index contributed by atoms with van der Waals surface area (Å²) in [5.74, 6) is -0.438. The molecule has 0 aliphatic heterocycles. The van der Waals surface area contributed by atoms with Crippen molar-refractivity contribution >= 4 is 11.5 Å². The average molecular weight is 152 g/mol. The molecule has 0 saturated heterocycles. The van der Waals surface area contributed by atoms with Gasteiger partial charge in [-0.1, -0.05) is 6.58 Å². The van der Waals surface area contributed by atoms with Gasteiger partial charge in [-0.05, 0) is 13.0 Å². The van der Waals surface area contributed by atoms with E-state index in [0.717, 1.165) is 0 Å². The lowest BCUT2D eigenvalue weighted by Crippen LogP contribution is -1.97. The van der Waals surface area contributed by atoms with Crippen LogP contribution in [0.15, 0.2) is 23.3 Å². The van der Waals surface area contributed by atoms with E-state index in [0.29, 0.717) is 11.3 Å². The Morgan fingerprint density at radius 3 is 2.73 bits per heavy atom. The second-order valence-electron chi connectivity index (χ2n) is 2.17. The minimum Gasteiger partial charge on any atom is -0.478 e. The molecule has 1 rings (SSSR count). The Labute approximate surface area is 64.0 Å². The second-order valence-corrected chi connectivity index (χ2v) is 2.17. The molecule has 0 fully saturated rings. The first kappa shape index (κ1) is 7.60. The van der Waals surface area contributed by atoms with Crippen LogP contribution in [0.3, 0.4) is 0 Å². The molecule has 58 valence electrons. The van der Waals surface area contributed by atoms with Crippen molar-refractivity contribution in [3.05, 3.63) is 30.2 Å². The molecule has 0 spiro atoms. The number of aryl methyl sites for hydroxylation is 1. The maximum atomic E-state index is 10.4. The van der Waals surface area contributed by atoms with E-state index in [2.05, 4.69) is 6.58 Å². The Kier molecular flexibility index (Phi) is 1.81. The van der Waals surface area contributed by atoms with Crippen LogP contribution < -0.4 is 0 Å². The van der Waals surface area contributed by atoms with Crippen molar-refractivity contribution in [2.45, 2.75) is 6.92 Å². The number of rotatable bonds is 2. The standard InChI is InChI=1S/C8H8O3/c1-5(8(9)10)7-3-4-11-6(7)2/h3-4H,1H2,2H3,(H,9,10). The summed E-state index contributed by atoms with van der Waals surface area (Å²) in [6.45, 7) is 5.10. The Morgan fingerprint density at radius 1 is 1.73 bits per heavy atom. The first-order valence-electron chi connectivity index (χ1n) is 3.09. The number of hydrogen-bond acceptors (Lipinski definition) is 2. The molecule has 0 aliphatic rings. The van der Waals surface area contributed by atoms with Crippen LogP contribution >= 0.6 is 0 Å². The second kappa shape index (κ2) is 2.62. The number of furan rings is 1. The fourth-order valence-corrected chi connectivity index (χ4v) is 0.813. The molecule has 0 bridgehead atoms. The zero-order valence-electron chi connectivity index (χ0n) is 6.13. The molecule has 11 heavy (non-hydrogen) atoms. The van der Waals surface area contributed by atoms with E-state index in [1.54, 1.807) is 13.0 Å². The normalized spacial score (nSPS) is 9.55. The summed E-state index contributed by atoms with van der Waals surface area (Å²) in [6.07, 6.45) is 1.44. The van der Waals surface area contributed by atoms with E-state index in [4.69, 9.17) is 9.52 Å². The Morgan fingerprint density at radius 2 is 2.36 bits per heavy atom.